The van der Waals surface area contributed by atoms with Crippen molar-refractivity contribution in [2.45, 2.75) is 6.92 Å². The van der Waals surface area contributed by atoms with Gasteiger partial charge in [0, 0.05) is 16.9 Å². The van der Waals surface area contributed by atoms with Gasteiger partial charge in [-0.15, -0.1) is 0 Å². The summed E-state index contributed by atoms with van der Waals surface area (Å²) >= 11 is 0. The lowest BCUT2D eigenvalue weighted by Crippen LogP contribution is -2.12. The van der Waals surface area contributed by atoms with Crippen LogP contribution >= 0.6 is 0 Å². The number of anilines is 1. The zero-order valence-electron chi connectivity index (χ0n) is 16.5. The van der Waals surface area contributed by atoms with Crippen molar-refractivity contribution in [3.63, 3.8) is 0 Å². The summed E-state index contributed by atoms with van der Waals surface area (Å²) in [6, 6.07) is 18.8. The molecule has 0 aliphatic carbocycles. The first kappa shape index (κ1) is 18.7. The molecule has 2 aromatic heterocycles. The van der Waals surface area contributed by atoms with E-state index in [1.54, 1.807) is 47.4 Å². The Hall–Kier alpha value is -4.33. The van der Waals surface area contributed by atoms with Gasteiger partial charge in [-0.2, -0.15) is 5.10 Å². The van der Waals surface area contributed by atoms with E-state index in [1.807, 2.05) is 29.7 Å². The highest BCUT2D eigenvalue weighted by molar-refractivity contribution is 6.06. The maximum Gasteiger partial charge on any atom is 0.255 e. The van der Waals surface area contributed by atoms with E-state index in [2.05, 4.69) is 20.4 Å². The molecule has 0 bridgehead atoms. The number of hydrogen-bond donors (Lipinski definition) is 1. The Morgan fingerprint density at radius 1 is 0.968 bits per heavy atom. The minimum atomic E-state index is -0.305. The van der Waals surface area contributed by atoms with Crippen molar-refractivity contribution in [1.82, 2.24) is 24.3 Å². The number of nitrogens with zero attached hydrogens (tertiary/aromatic N) is 5. The zero-order chi connectivity index (χ0) is 21.4. The predicted octanol–water partition coefficient (Wildman–Crippen LogP) is 4.31. The number of carbonyl (C=O) groups excluding carboxylic acids is 1. The van der Waals surface area contributed by atoms with Gasteiger partial charge in [0.15, 0.2) is 0 Å². The Labute approximate surface area is 176 Å². The van der Waals surface area contributed by atoms with Crippen molar-refractivity contribution in [2.75, 3.05) is 5.32 Å². The number of amides is 1. The molecule has 3 aromatic carbocycles. The van der Waals surface area contributed by atoms with Crippen molar-refractivity contribution in [3.05, 3.63) is 96.6 Å². The molecular weight excluding hydrogens is 395 g/mol. The van der Waals surface area contributed by atoms with E-state index in [4.69, 9.17) is 0 Å². The number of aromatic nitrogens is 5. The molecule has 0 radical (unpaired) electrons. The molecule has 1 N–H and O–H groups in total. The lowest BCUT2D eigenvalue weighted by molar-refractivity contribution is 0.102. The molecule has 0 saturated heterocycles. The Morgan fingerprint density at radius 2 is 1.71 bits per heavy atom. The molecule has 8 heteroatoms. The van der Waals surface area contributed by atoms with Crippen LogP contribution in [0.25, 0.3) is 22.4 Å². The van der Waals surface area contributed by atoms with Crippen LogP contribution in [0.2, 0.25) is 0 Å². The van der Waals surface area contributed by atoms with Gasteiger partial charge in [-0.3, -0.25) is 9.36 Å². The highest BCUT2D eigenvalue weighted by atomic mass is 19.1. The van der Waals surface area contributed by atoms with E-state index in [0.717, 1.165) is 28.2 Å². The van der Waals surface area contributed by atoms with Crippen LogP contribution in [-0.4, -0.2) is 30.2 Å². The van der Waals surface area contributed by atoms with Crippen molar-refractivity contribution in [2.24, 2.45) is 0 Å². The van der Waals surface area contributed by atoms with Crippen LogP contribution in [0, 0.1) is 12.7 Å². The summed E-state index contributed by atoms with van der Waals surface area (Å²) in [6.45, 7) is 1.87. The van der Waals surface area contributed by atoms with Crippen molar-refractivity contribution in [1.29, 1.82) is 0 Å². The largest absolute Gasteiger partial charge is 0.322 e. The maximum atomic E-state index is 13.3. The molecule has 2 heterocycles. The Kier molecular flexibility index (Phi) is 4.51. The summed E-state index contributed by atoms with van der Waals surface area (Å²) in [5.74, 6) is 0.212. The van der Waals surface area contributed by atoms with Gasteiger partial charge in [0.05, 0.1) is 16.7 Å². The summed E-state index contributed by atoms with van der Waals surface area (Å²) in [6.07, 6.45) is 3.07. The van der Waals surface area contributed by atoms with Crippen molar-refractivity contribution in [3.8, 4) is 11.4 Å². The molecule has 0 aliphatic rings. The van der Waals surface area contributed by atoms with Crippen LogP contribution < -0.4 is 5.32 Å². The lowest BCUT2D eigenvalue weighted by Gasteiger charge is -2.09. The molecule has 5 rings (SSSR count). The van der Waals surface area contributed by atoms with Crippen molar-refractivity contribution >= 4 is 22.6 Å². The summed E-state index contributed by atoms with van der Waals surface area (Å²) in [5.41, 5.74) is 4.32. The third-order valence-corrected chi connectivity index (χ3v) is 4.98. The van der Waals surface area contributed by atoms with E-state index in [-0.39, 0.29) is 11.7 Å². The summed E-state index contributed by atoms with van der Waals surface area (Å²) in [4.78, 5) is 21.3. The molecule has 7 nitrogen and oxygen atoms in total. The molecule has 1 amide bonds. The number of carbonyl (C=O) groups is 1. The molecule has 0 atom stereocenters. The number of rotatable bonds is 4. The first-order valence-electron chi connectivity index (χ1n) is 9.60. The van der Waals surface area contributed by atoms with Gasteiger partial charge in [0.2, 0.25) is 0 Å². The lowest BCUT2D eigenvalue weighted by atomic mass is 10.1. The van der Waals surface area contributed by atoms with Crippen LogP contribution in [0.4, 0.5) is 10.1 Å². The number of hydrogen-bond acceptors (Lipinski definition) is 4. The Balaban J connectivity index is 1.44. The van der Waals surface area contributed by atoms with E-state index >= 15 is 0 Å². The fourth-order valence-corrected chi connectivity index (χ4v) is 3.50. The van der Waals surface area contributed by atoms with Gasteiger partial charge in [-0.25, -0.2) is 19.0 Å². The number of benzene rings is 3. The standard InChI is InChI=1S/C23H17FN6O/c1-15-27-21-11-2-16(12-22(21)30(15)20-7-3-17(24)4-8-20)23(31)28-18-5-9-19(10-6-18)29-14-25-13-26-29/h2-14H,1H3,(H,28,31). The summed E-state index contributed by atoms with van der Waals surface area (Å²) in [7, 11) is 0. The van der Waals surface area contributed by atoms with Gasteiger partial charge in [0.1, 0.15) is 24.3 Å². The second kappa shape index (κ2) is 7.49. The fourth-order valence-electron chi connectivity index (χ4n) is 3.50. The van der Waals surface area contributed by atoms with Crippen LogP contribution in [-0.2, 0) is 0 Å². The van der Waals surface area contributed by atoms with Gasteiger partial charge in [-0.05, 0) is 73.7 Å². The highest BCUT2D eigenvalue weighted by Crippen LogP contribution is 2.23. The average molecular weight is 412 g/mol. The van der Waals surface area contributed by atoms with Crippen LogP contribution in [0.1, 0.15) is 16.2 Å². The average Bonchev–Trinajstić information content (AvgIpc) is 3.42. The SMILES string of the molecule is Cc1nc2ccc(C(=O)Nc3ccc(-n4cncn4)cc3)cc2n1-c1ccc(F)cc1. The first-order chi connectivity index (χ1) is 15.1. The molecule has 0 fully saturated rings. The summed E-state index contributed by atoms with van der Waals surface area (Å²) < 4.78 is 16.9. The Bertz CT molecular complexity index is 1370. The molecular formula is C23H17FN6O. The quantitative estimate of drug-likeness (QED) is 0.477. The maximum absolute atomic E-state index is 13.3. The zero-order valence-corrected chi connectivity index (χ0v) is 16.5. The highest BCUT2D eigenvalue weighted by Gasteiger charge is 2.13. The summed E-state index contributed by atoms with van der Waals surface area (Å²) in [5, 5.41) is 6.99. The van der Waals surface area contributed by atoms with E-state index in [0.29, 0.717) is 11.3 Å². The topological polar surface area (TPSA) is 77.6 Å². The smallest absolute Gasteiger partial charge is 0.255 e. The third kappa shape index (κ3) is 3.55. The first-order valence-corrected chi connectivity index (χ1v) is 9.60. The second-order valence-corrected chi connectivity index (χ2v) is 7.02. The molecule has 0 saturated carbocycles. The van der Waals surface area contributed by atoms with Crippen LogP contribution in [0.3, 0.4) is 0 Å². The number of halogens is 1. The minimum absolute atomic E-state index is 0.236. The van der Waals surface area contributed by atoms with Gasteiger partial charge >= 0.3 is 0 Å². The van der Waals surface area contributed by atoms with Gasteiger partial charge in [0.25, 0.3) is 5.91 Å². The molecule has 152 valence electrons. The van der Waals surface area contributed by atoms with E-state index in [9.17, 15) is 9.18 Å². The van der Waals surface area contributed by atoms with Gasteiger partial charge in [-0.1, -0.05) is 0 Å². The number of nitrogens with one attached hydrogen (secondary N) is 1. The number of fused-ring (bicyclic) bond motifs is 1. The normalized spacial score (nSPS) is 11.0. The monoisotopic (exact) mass is 412 g/mol. The Morgan fingerprint density at radius 3 is 2.42 bits per heavy atom. The second-order valence-electron chi connectivity index (χ2n) is 7.02. The van der Waals surface area contributed by atoms with Crippen LogP contribution in [0.15, 0.2) is 79.4 Å². The molecule has 5 aromatic rings. The molecule has 0 spiro atoms. The minimum Gasteiger partial charge on any atom is -0.322 e. The predicted molar refractivity (Wildman–Crippen MR) is 115 cm³/mol. The molecule has 31 heavy (non-hydrogen) atoms. The fraction of sp³-hybridized carbons (Fsp3) is 0.0435. The third-order valence-electron chi connectivity index (χ3n) is 4.98. The molecule has 0 aliphatic heterocycles. The molecule has 0 unspecified atom stereocenters. The van der Waals surface area contributed by atoms with E-state index in [1.165, 1.54) is 18.5 Å². The number of imidazole rings is 1. The number of aryl methyl sites for hydroxylation is 1. The van der Waals surface area contributed by atoms with Gasteiger partial charge < -0.3 is 5.32 Å². The van der Waals surface area contributed by atoms with Crippen molar-refractivity contribution < 1.29 is 9.18 Å². The van der Waals surface area contributed by atoms with E-state index < -0.39 is 0 Å². The van der Waals surface area contributed by atoms with Crippen LogP contribution in [0.5, 0.6) is 0 Å².